The largest absolute Gasteiger partial charge is 0.393 e. The predicted octanol–water partition coefficient (Wildman–Crippen LogP) is 1.86. The highest BCUT2D eigenvalue weighted by molar-refractivity contribution is 7.80. The first-order chi connectivity index (χ1) is 8.29. The molecule has 0 radical (unpaired) electrons. The lowest BCUT2D eigenvalue weighted by Crippen LogP contribution is -2.37. The molecule has 0 aromatic carbocycles. The van der Waals surface area contributed by atoms with Crippen LogP contribution in [0.1, 0.15) is 46.5 Å². The second-order valence-corrected chi connectivity index (χ2v) is 6.05. The van der Waals surface area contributed by atoms with Crippen molar-refractivity contribution in [3.63, 3.8) is 0 Å². The Balaban J connectivity index is 2.55. The molecule has 1 unspecified atom stereocenters. The van der Waals surface area contributed by atoms with Gasteiger partial charge in [0.2, 0.25) is 11.8 Å². The molecule has 0 spiro atoms. The summed E-state index contributed by atoms with van der Waals surface area (Å²) in [7, 11) is 0. The van der Waals surface area contributed by atoms with Crippen molar-refractivity contribution in [1.29, 1.82) is 0 Å². The molecule has 0 saturated carbocycles. The molecule has 1 heterocycles. The summed E-state index contributed by atoms with van der Waals surface area (Å²) in [6.45, 7) is 6.35. The van der Waals surface area contributed by atoms with Crippen LogP contribution in [0.15, 0.2) is 0 Å². The van der Waals surface area contributed by atoms with Crippen molar-refractivity contribution in [1.82, 2.24) is 4.90 Å². The van der Waals surface area contributed by atoms with Crippen molar-refractivity contribution in [3.05, 3.63) is 0 Å². The summed E-state index contributed by atoms with van der Waals surface area (Å²) in [5, 5.41) is 0. The number of likely N-dealkylation sites (tertiary alicyclic amines) is 1. The summed E-state index contributed by atoms with van der Waals surface area (Å²) in [6.07, 6.45) is 2.60. The topological polar surface area (TPSA) is 63.4 Å². The van der Waals surface area contributed by atoms with Gasteiger partial charge in [-0.1, -0.05) is 26.1 Å². The molecule has 1 rings (SSSR count). The molecule has 4 nitrogen and oxygen atoms in total. The molecule has 18 heavy (non-hydrogen) atoms. The van der Waals surface area contributed by atoms with Gasteiger partial charge in [0.25, 0.3) is 0 Å². The second kappa shape index (κ2) is 5.78. The van der Waals surface area contributed by atoms with E-state index in [0.717, 1.165) is 12.8 Å². The minimum atomic E-state index is -0.528. The van der Waals surface area contributed by atoms with Crippen molar-refractivity contribution in [2.45, 2.75) is 46.5 Å². The van der Waals surface area contributed by atoms with Gasteiger partial charge in [-0.25, -0.2) is 0 Å². The molecule has 0 aromatic rings. The van der Waals surface area contributed by atoms with Gasteiger partial charge in [-0.05, 0) is 32.1 Å². The quantitative estimate of drug-likeness (QED) is 0.454. The number of carbonyl (C=O) groups excluding carboxylic acids is 2. The first-order valence-electron chi connectivity index (χ1n) is 6.42. The number of thiocarbonyl (C=S) groups is 1. The fraction of sp³-hybridized carbons (Fsp3) is 0.769. The van der Waals surface area contributed by atoms with E-state index in [2.05, 4.69) is 0 Å². The predicted molar refractivity (Wildman–Crippen MR) is 74.9 cm³/mol. The normalized spacial score (nSPS) is 24.1. The first kappa shape index (κ1) is 15.1. The highest BCUT2D eigenvalue weighted by Gasteiger charge is 2.49. The first-order valence-corrected chi connectivity index (χ1v) is 6.83. The van der Waals surface area contributed by atoms with E-state index in [1.165, 1.54) is 4.90 Å². The number of nitrogens with two attached hydrogens (primary N) is 1. The van der Waals surface area contributed by atoms with Gasteiger partial charge in [0.05, 0.1) is 10.4 Å². The Hall–Kier alpha value is -0.970. The van der Waals surface area contributed by atoms with Crippen molar-refractivity contribution in [2.24, 2.45) is 17.1 Å². The van der Waals surface area contributed by atoms with Crippen molar-refractivity contribution < 1.29 is 9.59 Å². The van der Waals surface area contributed by atoms with Crippen LogP contribution < -0.4 is 5.73 Å². The number of amides is 2. The Morgan fingerprint density at radius 3 is 2.50 bits per heavy atom. The highest BCUT2D eigenvalue weighted by Crippen LogP contribution is 2.39. The maximum Gasteiger partial charge on any atom is 0.235 e. The van der Waals surface area contributed by atoms with E-state index < -0.39 is 5.41 Å². The molecule has 1 aliphatic rings. The molecule has 1 saturated heterocycles. The summed E-state index contributed by atoms with van der Waals surface area (Å²) in [6, 6.07) is 0. The van der Waals surface area contributed by atoms with E-state index in [-0.39, 0.29) is 17.7 Å². The third-order valence-corrected chi connectivity index (χ3v) is 4.09. The molecule has 5 heteroatoms. The van der Waals surface area contributed by atoms with Crippen LogP contribution >= 0.6 is 12.2 Å². The van der Waals surface area contributed by atoms with Gasteiger partial charge in [0.1, 0.15) is 0 Å². The molecule has 102 valence electrons. The summed E-state index contributed by atoms with van der Waals surface area (Å²) >= 11 is 4.79. The van der Waals surface area contributed by atoms with Crippen LogP contribution in [0.2, 0.25) is 0 Å². The zero-order valence-corrected chi connectivity index (χ0v) is 12.2. The van der Waals surface area contributed by atoms with Crippen LogP contribution in [-0.4, -0.2) is 28.2 Å². The van der Waals surface area contributed by atoms with E-state index in [0.29, 0.717) is 24.4 Å². The van der Waals surface area contributed by atoms with E-state index >= 15 is 0 Å². The Bertz CT molecular complexity index is 368. The van der Waals surface area contributed by atoms with Gasteiger partial charge in [-0.15, -0.1) is 0 Å². The molecule has 2 N–H and O–H groups in total. The number of hydrogen-bond acceptors (Lipinski definition) is 3. The van der Waals surface area contributed by atoms with E-state index in [4.69, 9.17) is 18.0 Å². The standard InChI is InChI=1S/C13H22N2O2S/c1-9(2)13(3)8-11(16)15(12(13)17)7-5-4-6-10(14)18/h9H,4-8H2,1-3H3,(H2,14,18). The molecule has 2 amide bonds. The van der Waals surface area contributed by atoms with Crippen LogP contribution in [0.4, 0.5) is 0 Å². The fourth-order valence-electron chi connectivity index (χ4n) is 2.15. The number of rotatable bonds is 6. The number of carbonyl (C=O) groups is 2. The molecule has 0 aromatic heterocycles. The Labute approximate surface area is 114 Å². The fourth-order valence-corrected chi connectivity index (χ4v) is 2.30. The van der Waals surface area contributed by atoms with Gasteiger partial charge in [-0.2, -0.15) is 0 Å². The summed E-state index contributed by atoms with van der Waals surface area (Å²) in [4.78, 5) is 26.0. The molecule has 1 fully saturated rings. The Kier molecular flexibility index (Phi) is 4.85. The van der Waals surface area contributed by atoms with Crippen LogP contribution in [0.5, 0.6) is 0 Å². The molecule has 1 aliphatic heterocycles. The highest BCUT2D eigenvalue weighted by atomic mass is 32.1. The summed E-state index contributed by atoms with van der Waals surface area (Å²) < 4.78 is 0. The summed E-state index contributed by atoms with van der Waals surface area (Å²) in [5.74, 6) is 0.0971. The van der Waals surface area contributed by atoms with Crippen molar-refractivity contribution >= 4 is 29.0 Å². The van der Waals surface area contributed by atoms with Crippen LogP contribution in [-0.2, 0) is 9.59 Å². The number of imide groups is 1. The monoisotopic (exact) mass is 270 g/mol. The third-order valence-electron chi connectivity index (χ3n) is 3.88. The van der Waals surface area contributed by atoms with Crippen LogP contribution in [0, 0.1) is 11.3 Å². The molecule has 1 atom stereocenters. The molecular weight excluding hydrogens is 248 g/mol. The Morgan fingerprint density at radius 1 is 1.44 bits per heavy atom. The lowest BCUT2D eigenvalue weighted by atomic mass is 9.78. The van der Waals surface area contributed by atoms with E-state index in [1.54, 1.807) is 0 Å². The van der Waals surface area contributed by atoms with Gasteiger partial charge < -0.3 is 5.73 Å². The second-order valence-electron chi connectivity index (χ2n) is 5.52. The molecule has 0 aliphatic carbocycles. The zero-order valence-electron chi connectivity index (χ0n) is 11.4. The Morgan fingerprint density at radius 2 is 2.06 bits per heavy atom. The minimum absolute atomic E-state index is 0.0298. The molecule has 0 bridgehead atoms. The third kappa shape index (κ3) is 3.07. The van der Waals surface area contributed by atoms with Crippen LogP contribution in [0.25, 0.3) is 0 Å². The smallest absolute Gasteiger partial charge is 0.235 e. The van der Waals surface area contributed by atoms with E-state index in [1.807, 2.05) is 20.8 Å². The van der Waals surface area contributed by atoms with Crippen molar-refractivity contribution in [2.75, 3.05) is 6.54 Å². The van der Waals surface area contributed by atoms with E-state index in [9.17, 15) is 9.59 Å². The lowest BCUT2D eigenvalue weighted by molar-refractivity contribution is -0.142. The van der Waals surface area contributed by atoms with Gasteiger partial charge >= 0.3 is 0 Å². The summed E-state index contributed by atoms with van der Waals surface area (Å²) in [5.41, 5.74) is 4.88. The van der Waals surface area contributed by atoms with Gasteiger partial charge in [0, 0.05) is 13.0 Å². The number of hydrogen-bond donors (Lipinski definition) is 1. The number of nitrogens with zero attached hydrogens (tertiary/aromatic N) is 1. The van der Waals surface area contributed by atoms with Crippen LogP contribution in [0.3, 0.4) is 0 Å². The number of unbranched alkanes of at least 4 members (excludes halogenated alkanes) is 1. The maximum atomic E-state index is 12.3. The average molecular weight is 270 g/mol. The molecular formula is C13H22N2O2S. The SMILES string of the molecule is CC(C)C1(C)CC(=O)N(CCCCC(N)=S)C1=O. The minimum Gasteiger partial charge on any atom is -0.393 e. The van der Waals surface area contributed by atoms with Crippen molar-refractivity contribution in [3.8, 4) is 0 Å². The average Bonchev–Trinajstić information content (AvgIpc) is 2.47. The van der Waals surface area contributed by atoms with Gasteiger partial charge in [-0.3, -0.25) is 14.5 Å². The maximum absolute atomic E-state index is 12.3. The zero-order chi connectivity index (χ0) is 13.9. The van der Waals surface area contributed by atoms with Gasteiger partial charge in [0.15, 0.2) is 0 Å². The lowest BCUT2D eigenvalue weighted by Gasteiger charge is -2.26.